The van der Waals surface area contributed by atoms with Crippen LogP contribution in [-0.2, 0) is 35.1 Å². The Morgan fingerprint density at radius 1 is 0.952 bits per heavy atom. The molecule has 1 heterocycles. The van der Waals surface area contributed by atoms with Gasteiger partial charge in [0.2, 0.25) is 0 Å². The number of ketones is 1. The van der Waals surface area contributed by atoms with Crippen molar-refractivity contribution in [1.82, 2.24) is 10.2 Å². The minimum absolute atomic E-state index is 0.00113. The van der Waals surface area contributed by atoms with Crippen LogP contribution < -0.4 is 5.32 Å². The van der Waals surface area contributed by atoms with Crippen LogP contribution in [0.4, 0.5) is 9.59 Å². The molecule has 0 aliphatic carbocycles. The zero-order valence-corrected chi connectivity index (χ0v) is 24.5. The Morgan fingerprint density at radius 3 is 2.19 bits per heavy atom. The van der Waals surface area contributed by atoms with E-state index in [9.17, 15) is 24.0 Å². The van der Waals surface area contributed by atoms with Crippen molar-refractivity contribution < 1.29 is 42.9 Å². The zero-order valence-electron chi connectivity index (χ0n) is 24.5. The van der Waals surface area contributed by atoms with E-state index in [0.717, 1.165) is 5.56 Å². The van der Waals surface area contributed by atoms with Crippen molar-refractivity contribution in [1.29, 1.82) is 0 Å². The van der Waals surface area contributed by atoms with Crippen LogP contribution in [0.3, 0.4) is 0 Å². The summed E-state index contributed by atoms with van der Waals surface area (Å²) in [5, 5.41) is 2.39. The second-order valence-corrected chi connectivity index (χ2v) is 11.2. The van der Waals surface area contributed by atoms with Gasteiger partial charge in [-0.25, -0.2) is 19.2 Å². The van der Waals surface area contributed by atoms with Gasteiger partial charge in [0.25, 0.3) is 0 Å². The molecule has 0 spiro atoms. The van der Waals surface area contributed by atoms with Gasteiger partial charge in [0.1, 0.15) is 24.4 Å². The Morgan fingerprint density at radius 2 is 1.57 bits per heavy atom. The summed E-state index contributed by atoms with van der Waals surface area (Å²) < 4.78 is 21.5. The van der Waals surface area contributed by atoms with Gasteiger partial charge < -0.3 is 24.3 Å². The van der Waals surface area contributed by atoms with Crippen LogP contribution in [0, 0.1) is 5.92 Å². The van der Waals surface area contributed by atoms with E-state index in [4.69, 9.17) is 18.9 Å². The second-order valence-electron chi connectivity index (χ2n) is 11.2. The van der Waals surface area contributed by atoms with E-state index in [1.165, 1.54) is 11.8 Å². The summed E-state index contributed by atoms with van der Waals surface area (Å²) in [6.45, 7) is 8.09. The number of alkyl carbamates (subject to hydrolysis) is 1. The van der Waals surface area contributed by atoms with Crippen LogP contribution in [0.25, 0.3) is 0 Å². The molecule has 42 heavy (non-hydrogen) atoms. The van der Waals surface area contributed by atoms with Gasteiger partial charge in [0.05, 0.1) is 0 Å². The first-order valence-corrected chi connectivity index (χ1v) is 13.8. The third-order valence-corrected chi connectivity index (χ3v) is 6.36. The Hall–Kier alpha value is -4.41. The first kappa shape index (κ1) is 32.1. The molecule has 4 atom stereocenters. The molecule has 1 saturated heterocycles. The molecule has 2 amide bonds. The number of likely N-dealkylation sites (tertiary alicyclic amines) is 1. The number of benzene rings is 2. The summed E-state index contributed by atoms with van der Waals surface area (Å²) in [7, 11) is 0. The molecule has 0 radical (unpaired) electrons. The Labute approximate surface area is 245 Å². The Balaban J connectivity index is 1.70. The molecule has 2 aromatic carbocycles. The molecule has 226 valence electrons. The summed E-state index contributed by atoms with van der Waals surface area (Å²) in [6, 6.07) is 14.7. The maximum atomic E-state index is 13.2. The number of Topliss-reactive ketones (excluding diaryl/α,β-unsaturated/α-hetero) is 1. The number of carbonyl (C=O) groups excluding carboxylic acids is 5. The Bertz CT molecular complexity index is 1240. The van der Waals surface area contributed by atoms with Crippen molar-refractivity contribution in [3.8, 4) is 0 Å². The minimum Gasteiger partial charge on any atom is -0.458 e. The highest BCUT2D eigenvalue weighted by molar-refractivity contribution is 5.98. The number of rotatable bonds is 10. The molecule has 0 aromatic heterocycles. The summed E-state index contributed by atoms with van der Waals surface area (Å²) in [4.78, 5) is 65.5. The van der Waals surface area contributed by atoms with Gasteiger partial charge in [-0.05, 0) is 45.6 Å². The van der Waals surface area contributed by atoms with Gasteiger partial charge in [-0.1, -0.05) is 67.6 Å². The third-order valence-electron chi connectivity index (χ3n) is 6.36. The van der Waals surface area contributed by atoms with Crippen molar-refractivity contribution in [2.45, 2.75) is 71.4 Å². The fourth-order valence-corrected chi connectivity index (χ4v) is 4.32. The van der Waals surface area contributed by atoms with Crippen LogP contribution in [0.2, 0.25) is 0 Å². The van der Waals surface area contributed by atoms with Gasteiger partial charge >= 0.3 is 24.1 Å². The lowest BCUT2D eigenvalue weighted by Crippen LogP contribution is -2.52. The van der Waals surface area contributed by atoms with Crippen LogP contribution >= 0.6 is 0 Å². The van der Waals surface area contributed by atoms with E-state index in [2.05, 4.69) is 5.32 Å². The van der Waals surface area contributed by atoms with Crippen molar-refractivity contribution >= 4 is 29.9 Å². The Kier molecular flexibility index (Phi) is 11.1. The van der Waals surface area contributed by atoms with E-state index in [1.54, 1.807) is 75.4 Å². The SMILES string of the molecule is C[C@@H]1C[C@@H](C(=O)O[C@@H](C)[C@H](NC(=O)OCc2ccccc2)C(=O)OCC(=O)c2ccccc2)N(C(=O)OC(C)(C)C)C1. The first-order valence-electron chi connectivity index (χ1n) is 13.8. The molecule has 1 aliphatic rings. The maximum Gasteiger partial charge on any atom is 0.411 e. The van der Waals surface area contributed by atoms with E-state index >= 15 is 0 Å². The smallest absolute Gasteiger partial charge is 0.411 e. The van der Waals surface area contributed by atoms with Crippen LogP contribution in [0.15, 0.2) is 60.7 Å². The van der Waals surface area contributed by atoms with Gasteiger partial charge in [-0.15, -0.1) is 0 Å². The van der Waals surface area contributed by atoms with Crippen molar-refractivity contribution in [2.75, 3.05) is 13.2 Å². The average molecular weight is 583 g/mol. The van der Waals surface area contributed by atoms with Crippen molar-refractivity contribution in [3.05, 3.63) is 71.8 Å². The quantitative estimate of drug-likeness (QED) is 0.247. The third kappa shape index (κ3) is 9.60. The lowest BCUT2D eigenvalue weighted by Gasteiger charge is -2.29. The van der Waals surface area contributed by atoms with Crippen molar-refractivity contribution in [3.63, 3.8) is 0 Å². The molecule has 2 aromatic rings. The largest absolute Gasteiger partial charge is 0.458 e. The van der Waals surface area contributed by atoms with Crippen LogP contribution in [-0.4, -0.2) is 71.7 Å². The molecular weight excluding hydrogens is 544 g/mol. The van der Waals surface area contributed by atoms with Gasteiger partial charge in [-0.3, -0.25) is 9.69 Å². The fraction of sp³-hybridized carbons (Fsp3) is 0.452. The number of carbonyl (C=O) groups is 5. The topological polar surface area (TPSA) is 138 Å². The molecule has 1 aliphatic heterocycles. The lowest BCUT2D eigenvalue weighted by molar-refractivity contribution is -0.160. The molecule has 0 unspecified atom stereocenters. The lowest BCUT2D eigenvalue weighted by atomic mass is 10.1. The van der Waals surface area contributed by atoms with E-state index in [1.807, 2.05) is 13.0 Å². The molecule has 0 saturated carbocycles. The number of amides is 2. The van der Waals surface area contributed by atoms with Gasteiger partial charge in [0.15, 0.2) is 18.4 Å². The zero-order chi connectivity index (χ0) is 30.9. The highest BCUT2D eigenvalue weighted by atomic mass is 16.6. The molecular formula is C31H38N2O9. The molecule has 11 heteroatoms. The first-order chi connectivity index (χ1) is 19.8. The number of hydrogen-bond donors (Lipinski definition) is 1. The summed E-state index contributed by atoms with van der Waals surface area (Å²) >= 11 is 0. The van der Waals surface area contributed by atoms with E-state index < -0.39 is 60.3 Å². The number of ether oxygens (including phenoxy) is 4. The van der Waals surface area contributed by atoms with E-state index in [-0.39, 0.29) is 12.5 Å². The van der Waals surface area contributed by atoms with Gasteiger partial charge in [0, 0.05) is 12.1 Å². The monoisotopic (exact) mass is 582 g/mol. The number of esters is 2. The molecule has 11 nitrogen and oxygen atoms in total. The highest BCUT2D eigenvalue weighted by Crippen LogP contribution is 2.26. The van der Waals surface area contributed by atoms with Gasteiger partial charge in [-0.2, -0.15) is 0 Å². The predicted octanol–water partition coefficient (Wildman–Crippen LogP) is 4.28. The van der Waals surface area contributed by atoms with Crippen LogP contribution in [0.5, 0.6) is 0 Å². The normalized spacial score (nSPS) is 17.9. The molecule has 1 fully saturated rings. The maximum absolute atomic E-state index is 13.2. The second kappa shape index (κ2) is 14.5. The molecule has 0 bridgehead atoms. The highest BCUT2D eigenvalue weighted by Gasteiger charge is 2.42. The average Bonchev–Trinajstić information content (AvgIpc) is 3.35. The number of hydrogen-bond acceptors (Lipinski definition) is 9. The van der Waals surface area contributed by atoms with Crippen molar-refractivity contribution in [2.24, 2.45) is 5.92 Å². The standard InChI is InChI=1S/C31H38N2O9/c1-20-16-24(33(17-20)30(38)42-31(3,4)5)27(35)41-21(2)26(32-29(37)40-18-22-12-8-6-9-13-22)28(36)39-19-25(34)23-14-10-7-11-15-23/h6-15,20-21,24,26H,16-19H2,1-5H3,(H,32,37)/t20-,21+,24+,26+/m1/s1. The summed E-state index contributed by atoms with van der Waals surface area (Å²) in [6.07, 6.45) is -2.52. The van der Waals surface area contributed by atoms with Crippen LogP contribution in [0.1, 0.15) is 57.0 Å². The molecule has 1 N–H and O–H groups in total. The predicted molar refractivity (Wildman–Crippen MR) is 151 cm³/mol. The number of nitrogens with one attached hydrogen (secondary N) is 1. The molecule has 3 rings (SSSR count). The number of nitrogens with zero attached hydrogens (tertiary/aromatic N) is 1. The fourth-order valence-electron chi connectivity index (χ4n) is 4.32. The van der Waals surface area contributed by atoms with E-state index in [0.29, 0.717) is 18.5 Å². The summed E-state index contributed by atoms with van der Waals surface area (Å²) in [5.74, 6) is -2.22. The summed E-state index contributed by atoms with van der Waals surface area (Å²) in [5.41, 5.74) is 0.298. The minimum atomic E-state index is -1.51.